The number of aliphatic imine (C=N–C) groups is 1. The van der Waals surface area contributed by atoms with Gasteiger partial charge in [-0.05, 0) is 78.7 Å². The molecule has 5 heteroatoms. The predicted octanol–water partition coefficient (Wildman–Crippen LogP) is 9.37. The van der Waals surface area contributed by atoms with Gasteiger partial charge in [0.1, 0.15) is 12.8 Å². The van der Waals surface area contributed by atoms with Gasteiger partial charge in [0.05, 0.1) is 16.7 Å². The molecule has 51 heavy (non-hydrogen) atoms. The van der Waals surface area contributed by atoms with Crippen molar-refractivity contribution in [3.63, 3.8) is 0 Å². The zero-order chi connectivity index (χ0) is 33.9. The Labute approximate surface area is 300 Å². The lowest BCUT2D eigenvalue weighted by atomic mass is 9.84. The molecule has 3 aromatic carbocycles. The Bertz CT molecular complexity index is 2260. The molecule has 2 fully saturated rings. The smallest absolute Gasteiger partial charge is 0.157 e. The zero-order valence-corrected chi connectivity index (χ0v) is 28.9. The molecule has 2 aliphatic heterocycles. The Kier molecular flexibility index (Phi) is 7.56. The number of para-hydroxylation sites is 1. The fraction of sp³-hybridized carbons (Fsp3) is 0.283. The summed E-state index contributed by atoms with van der Waals surface area (Å²) in [6.45, 7) is 0.529. The van der Waals surface area contributed by atoms with Crippen molar-refractivity contribution in [2.75, 3.05) is 0 Å². The van der Waals surface area contributed by atoms with Crippen molar-refractivity contribution in [2.45, 2.75) is 68.9 Å². The molecule has 2 saturated heterocycles. The summed E-state index contributed by atoms with van der Waals surface area (Å²) in [7, 11) is 0. The van der Waals surface area contributed by atoms with E-state index in [0.29, 0.717) is 36.6 Å². The first-order valence-electron chi connectivity index (χ1n) is 18.8. The lowest BCUT2D eigenvalue weighted by molar-refractivity contribution is 0.164. The third kappa shape index (κ3) is 5.12. The molecule has 5 nitrogen and oxygen atoms in total. The summed E-state index contributed by atoms with van der Waals surface area (Å²) in [5, 5.41) is 2.53. The van der Waals surface area contributed by atoms with Gasteiger partial charge in [-0.1, -0.05) is 109 Å². The van der Waals surface area contributed by atoms with E-state index in [-0.39, 0.29) is 12.0 Å². The maximum absolute atomic E-state index is 6.16. The van der Waals surface area contributed by atoms with Crippen LogP contribution in [0.1, 0.15) is 49.1 Å². The van der Waals surface area contributed by atoms with Crippen molar-refractivity contribution in [1.82, 2.24) is 9.47 Å². The molecule has 2 N–H and O–H groups in total. The molecule has 0 amide bonds. The van der Waals surface area contributed by atoms with Crippen LogP contribution in [0.15, 0.2) is 156 Å². The predicted molar refractivity (Wildman–Crippen MR) is 209 cm³/mol. The number of rotatable bonds is 5. The van der Waals surface area contributed by atoms with Crippen molar-refractivity contribution in [3.05, 3.63) is 162 Å². The number of likely N-dealkylation sites (tertiary alicyclic amines) is 1. The van der Waals surface area contributed by atoms with Crippen LogP contribution >= 0.6 is 0 Å². The summed E-state index contributed by atoms with van der Waals surface area (Å²) in [5.74, 6) is 1.92. The summed E-state index contributed by atoms with van der Waals surface area (Å²) < 4.78 is 8.51. The lowest BCUT2D eigenvalue weighted by Crippen LogP contribution is -2.44. The average molecular weight is 669 g/mol. The fourth-order valence-corrected chi connectivity index (χ4v) is 9.86. The molecule has 0 spiro atoms. The maximum atomic E-state index is 6.16. The second-order valence-electron chi connectivity index (χ2n) is 14.9. The summed E-state index contributed by atoms with van der Waals surface area (Å²) in [4.78, 5) is 8.01. The number of ether oxygens (including phenoxy) is 1. The van der Waals surface area contributed by atoms with Crippen LogP contribution in [-0.4, -0.2) is 39.4 Å². The summed E-state index contributed by atoms with van der Waals surface area (Å²) >= 11 is 0. The quantitative estimate of drug-likeness (QED) is 0.216. The Morgan fingerprint density at radius 3 is 2.59 bits per heavy atom. The molecule has 0 radical (unpaired) electrons. The molecular weight excluding hydrogens is 625 g/mol. The highest BCUT2D eigenvalue weighted by atomic mass is 16.5. The highest BCUT2D eigenvalue weighted by molar-refractivity contribution is 6.09. The third-order valence-electron chi connectivity index (χ3n) is 12.3. The second-order valence-corrected chi connectivity index (χ2v) is 14.9. The van der Waals surface area contributed by atoms with E-state index in [0.717, 1.165) is 30.7 Å². The van der Waals surface area contributed by atoms with E-state index in [2.05, 4.69) is 143 Å². The molecule has 254 valence electrons. The van der Waals surface area contributed by atoms with Gasteiger partial charge in [-0.2, -0.15) is 0 Å². The van der Waals surface area contributed by atoms with Crippen LogP contribution in [0.4, 0.5) is 0 Å². The highest BCUT2D eigenvalue weighted by Crippen LogP contribution is 2.47. The minimum Gasteiger partial charge on any atom is -0.482 e. The van der Waals surface area contributed by atoms with Crippen molar-refractivity contribution < 1.29 is 4.74 Å². The van der Waals surface area contributed by atoms with Crippen LogP contribution in [0, 0.1) is 11.8 Å². The molecule has 3 heterocycles. The monoisotopic (exact) mass is 668 g/mol. The number of nitrogens with two attached hydrogens (primary N) is 1. The van der Waals surface area contributed by atoms with Crippen molar-refractivity contribution >= 4 is 33.1 Å². The van der Waals surface area contributed by atoms with Gasteiger partial charge in [-0.25, -0.2) is 0 Å². The largest absolute Gasteiger partial charge is 0.482 e. The number of allylic oxidation sites excluding steroid dienone is 7. The summed E-state index contributed by atoms with van der Waals surface area (Å²) in [6, 6.07) is 28.1. The second kappa shape index (κ2) is 12.6. The molecule has 4 aromatic rings. The number of nitrogens with zero attached hydrogens (tertiary/aromatic N) is 3. The van der Waals surface area contributed by atoms with Gasteiger partial charge < -0.3 is 15.0 Å². The van der Waals surface area contributed by atoms with Crippen molar-refractivity contribution in [1.29, 1.82) is 0 Å². The van der Waals surface area contributed by atoms with Crippen LogP contribution in [0.2, 0.25) is 0 Å². The van der Waals surface area contributed by atoms with Crippen LogP contribution in [0.3, 0.4) is 0 Å². The van der Waals surface area contributed by atoms with Gasteiger partial charge >= 0.3 is 0 Å². The number of fused-ring (bicyclic) bond motifs is 7. The molecular formula is C46H44N4O. The van der Waals surface area contributed by atoms with E-state index in [9.17, 15) is 0 Å². The van der Waals surface area contributed by atoms with E-state index < -0.39 is 0 Å². The van der Waals surface area contributed by atoms with Crippen molar-refractivity contribution in [2.24, 2.45) is 22.6 Å². The lowest BCUT2D eigenvalue weighted by Gasteiger charge is -2.38. The van der Waals surface area contributed by atoms with Gasteiger partial charge in [-0.3, -0.25) is 9.89 Å². The van der Waals surface area contributed by atoms with Crippen LogP contribution in [0.25, 0.3) is 27.4 Å². The first-order chi connectivity index (χ1) is 25.2. The number of benzene rings is 3. The first-order valence-corrected chi connectivity index (χ1v) is 18.8. The molecule has 1 aromatic heterocycles. The zero-order valence-electron chi connectivity index (χ0n) is 28.9. The van der Waals surface area contributed by atoms with E-state index in [1.807, 2.05) is 0 Å². The van der Waals surface area contributed by atoms with E-state index >= 15 is 0 Å². The highest BCUT2D eigenvalue weighted by Gasteiger charge is 2.46. The SMILES string of the molecule is NC=C1OC2C=CCCC2C1=NCn1c2ccccc2c2cc(C3=CCC4C(=C3)C3C=CC=CC3N4C3C=CC(c4ccccc4)CC3)ccc21. The van der Waals surface area contributed by atoms with Crippen LogP contribution < -0.4 is 5.73 Å². The summed E-state index contributed by atoms with van der Waals surface area (Å²) in [5.41, 5.74) is 15.0. The van der Waals surface area contributed by atoms with Crippen molar-refractivity contribution in [3.8, 4) is 0 Å². The van der Waals surface area contributed by atoms with Gasteiger partial charge in [0.15, 0.2) is 5.76 Å². The summed E-state index contributed by atoms with van der Waals surface area (Å²) in [6.07, 6.45) is 30.9. The Morgan fingerprint density at radius 1 is 0.843 bits per heavy atom. The first kappa shape index (κ1) is 30.7. The molecule has 7 atom stereocenters. The minimum atomic E-state index is 0.0407. The number of aromatic nitrogens is 1. The molecule has 0 saturated carbocycles. The minimum absolute atomic E-state index is 0.0407. The molecule has 10 rings (SSSR count). The van der Waals surface area contributed by atoms with Gasteiger partial charge in [0.2, 0.25) is 0 Å². The van der Waals surface area contributed by atoms with Gasteiger partial charge in [0.25, 0.3) is 0 Å². The molecule has 4 aliphatic carbocycles. The Hall–Kier alpha value is -5.13. The Morgan fingerprint density at radius 2 is 1.71 bits per heavy atom. The van der Waals surface area contributed by atoms with Gasteiger partial charge in [-0.15, -0.1) is 0 Å². The van der Waals surface area contributed by atoms with Crippen LogP contribution in [0.5, 0.6) is 0 Å². The topological polar surface area (TPSA) is 55.8 Å². The third-order valence-corrected chi connectivity index (χ3v) is 12.3. The van der Waals surface area contributed by atoms with E-state index in [1.165, 1.54) is 51.3 Å². The van der Waals surface area contributed by atoms with Gasteiger partial charge in [0, 0.05) is 52.9 Å². The number of hydrogen-bond acceptors (Lipinski definition) is 4. The maximum Gasteiger partial charge on any atom is 0.157 e. The Balaban J connectivity index is 0.962. The molecule has 7 unspecified atom stereocenters. The van der Waals surface area contributed by atoms with E-state index in [1.54, 1.807) is 11.8 Å². The normalized spacial score (nSPS) is 31.2. The fourth-order valence-electron chi connectivity index (χ4n) is 9.86. The van der Waals surface area contributed by atoms with E-state index in [4.69, 9.17) is 15.5 Å². The molecule has 0 bridgehead atoms. The standard InChI is InChI=1S/C46H44N4O/c47-28-45-46(37-14-6-9-17-44(37)51-45)48-29-49-40-15-7-4-12-35(40)38-26-32(20-24-41(38)49)33-21-25-43-39(27-33)36-13-5-8-16-42(36)50(43)34-22-18-31(19-23-34)30-10-2-1-3-11-30/h1-5,7-13,15-18,20-22,24,26-28,31,34,36-37,42-44H,6,14,19,23,25,29,47H2. The number of hydrogen-bond donors (Lipinski definition) is 1. The average Bonchev–Trinajstić information content (AvgIpc) is 3.84. The van der Waals surface area contributed by atoms with Crippen LogP contribution in [-0.2, 0) is 11.4 Å². The molecule has 6 aliphatic rings.